The lowest BCUT2D eigenvalue weighted by atomic mass is 9.84. The van der Waals surface area contributed by atoms with Crippen molar-refractivity contribution in [3.8, 4) is 0 Å². The summed E-state index contributed by atoms with van der Waals surface area (Å²) >= 11 is 14.4. The maximum atomic E-state index is 13.6. The topological polar surface area (TPSA) is 40.6 Å². The number of hydrogen-bond acceptors (Lipinski definition) is 3. The summed E-state index contributed by atoms with van der Waals surface area (Å²) in [5.41, 5.74) is 2.00. The number of nitrogens with zero attached hydrogens (tertiary/aromatic N) is 2. The number of rotatable bonds is 7. The van der Waals surface area contributed by atoms with Gasteiger partial charge in [0.2, 0.25) is 11.8 Å². The maximum Gasteiger partial charge on any atom is 0.242 e. The predicted molar refractivity (Wildman–Crippen MR) is 127 cm³/mol. The zero-order chi connectivity index (χ0) is 22.0. The third kappa shape index (κ3) is 4.79. The molecule has 0 N–H and O–H groups in total. The van der Waals surface area contributed by atoms with E-state index in [0.29, 0.717) is 23.1 Å². The van der Waals surface area contributed by atoms with Crippen molar-refractivity contribution in [3.05, 3.63) is 55.7 Å². The molecule has 7 heteroatoms. The molecule has 2 heterocycles. The summed E-state index contributed by atoms with van der Waals surface area (Å²) in [7, 11) is 0. The minimum Gasteiger partial charge on any atom is -0.333 e. The second kappa shape index (κ2) is 9.93. The van der Waals surface area contributed by atoms with Gasteiger partial charge in [-0.05, 0) is 60.4 Å². The van der Waals surface area contributed by atoms with E-state index in [-0.39, 0.29) is 30.3 Å². The van der Waals surface area contributed by atoms with Crippen molar-refractivity contribution >= 4 is 46.4 Å². The molecule has 4 rings (SSSR count). The highest BCUT2D eigenvalue weighted by Crippen LogP contribution is 2.41. The standard InChI is InChI=1S/C24H28Cl2N2O2S/c1-2-3-11-27(24(30)16-5-4-6-16)15-22(29)28-12-9-21-19(10-13-31-21)23(28)18-8-7-17(25)14-20(18)26/h7-8,10,13-14,16,23H,2-6,9,11-12,15H2,1H3. The van der Waals surface area contributed by atoms with Gasteiger partial charge in [-0.25, -0.2) is 0 Å². The Morgan fingerprint density at radius 2 is 2.00 bits per heavy atom. The van der Waals surface area contributed by atoms with Crippen LogP contribution in [0.2, 0.25) is 10.0 Å². The van der Waals surface area contributed by atoms with E-state index >= 15 is 0 Å². The van der Waals surface area contributed by atoms with Gasteiger partial charge in [-0.15, -0.1) is 11.3 Å². The summed E-state index contributed by atoms with van der Waals surface area (Å²) in [6, 6.07) is 7.30. The number of benzene rings is 1. The predicted octanol–water partition coefficient (Wildman–Crippen LogP) is 5.96. The van der Waals surface area contributed by atoms with E-state index in [1.807, 2.05) is 17.0 Å². The molecule has 4 nitrogen and oxygen atoms in total. The van der Waals surface area contributed by atoms with Gasteiger partial charge in [0, 0.05) is 33.9 Å². The molecule has 2 aromatic rings. The van der Waals surface area contributed by atoms with Crippen LogP contribution in [0.15, 0.2) is 29.6 Å². The highest BCUT2D eigenvalue weighted by molar-refractivity contribution is 7.10. The quantitative estimate of drug-likeness (QED) is 0.492. The van der Waals surface area contributed by atoms with E-state index in [0.717, 1.165) is 49.7 Å². The SMILES string of the molecule is CCCCN(CC(=O)N1CCc2sccc2C1c1ccc(Cl)cc1Cl)C(=O)C1CCC1. The number of carbonyl (C=O) groups excluding carboxylic acids is 2. The number of amides is 2. The van der Waals surface area contributed by atoms with Gasteiger partial charge in [0.25, 0.3) is 0 Å². The summed E-state index contributed by atoms with van der Waals surface area (Å²) in [4.78, 5) is 31.5. The first-order valence-corrected chi connectivity index (χ1v) is 12.7. The highest BCUT2D eigenvalue weighted by atomic mass is 35.5. The number of unbranched alkanes of at least 4 members (excludes halogenated alkanes) is 1. The van der Waals surface area contributed by atoms with Crippen LogP contribution in [0.5, 0.6) is 0 Å². The van der Waals surface area contributed by atoms with Gasteiger partial charge in [-0.3, -0.25) is 9.59 Å². The number of carbonyl (C=O) groups is 2. The fourth-order valence-electron chi connectivity index (χ4n) is 4.43. The van der Waals surface area contributed by atoms with Crippen LogP contribution in [-0.4, -0.2) is 41.2 Å². The van der Waals surface area contributed by atoms with Crippen molar-refractivity contribution in [2.45, 2.75) is 51.5 Å². The van der Waals surface area contributed by atoms with Crippen LogP contribution < -0.4 is 0 Å². The number of thiophene rings is 1. The van der Waals surface area contributed by atoms with Crippen LogP contribution in [0.4, 0.5) is 0 Å². The van der Waals surface area contributed by atoms with Crippen LogP contribution >= 0.6 is 34.5 Å². The minimum atomic E-state index is -0.251. The molecule has 31 heavy (non-hydrogen) atoms. The Labute approximate surface area is 198 Å². The summed E-state index contributed by atoms with van der Waals surface area (Å²) in [6.45, 7) is 3.50. The Kier molecular flexibility index (Phi) is 7.25. The van der Waals surface area contributed by atoms with E-state index in [1.165, 1.54) is 4.88 Å². The Balaban J connectivity index is 1.61. The molecule has 1 aliphatic carbocycles. The van der Waals surface area contributed by atoms with Crippen LogP contribution in [0.3, 0.4) is 0 Å². The number of halogens is 2. The zero-order valence-corrected chi connectivity index (χ0v) is 20.1. The van der Waals surface area contributed by atoms with E-state index in [9.17, 15) is 9.59 Å². The fourth-order valence-corrected chi connectivity index (χ4v) is 5.84. The van der Waals surface area contributed by atoms with Crippen molar-refractivity contribution in [1.82, 2.24) is 9.80 Å². The van der Waals surface area contributed by atoms with Crippen LogP contribution in [-0.2, 0) is 16.0 Å². The first-order valence-electron chi connectivity index (χ1n) is 11.1. The van der Waals surface area contributed by atoms with Crippen molar-refractivity contribution in [2.24, 2.45) is 5.92 Å². The van der Waals surface area contributed by atoms with Gasteiger partial charge < -0.3 is 9.80 Å². The summed E-state index contributed by atoms with van der Waals surface area (Å²) in [5.74, 6) is 0.218. The molecule has 0 radical (unpaired) electrons. The molecule has 2 aliphatic rings. The van der Waals surface area contributed by atoms with E-state index in [4.69, 9.17) is 23.2 Å². The van der Waals surface area contributed by atoms with Crippen molar-refractivity contribution < 1.29 is 9.59 Å². The van der Waals surface area contributed by atoms with Gasteiger partial charge in [-0.1, -0.05) is 49.0 Å². The van der Waals surface area contributed by atoms with Gasteiger partial charge in [0.1, 0.15) is 0 Å². The van der Waals surface area contributed by atoms with Crippen LogP contribution in [0.1, 0.15) is 61.1 Å². The third-order valence-electron chi connectivity index (χ3n) is 6.42. The average Bonchev–Trinajstić information content (AvgIpc) is 3.18. The van der Waals surface area contributed by atoms with E-state index in [2.05, 4.69) is 18.4 Å². The largest absolute Gasteiger partial charge is 0.333 e. The van der Waals surface area contributed by atoms with Gasteiger partial charge in [-0.2, -0.15) is 0 Å². The molecule has 1 atom stereocenters. The summed E-state index contributed by atoms with van der Waals surface area (Å²) in [6.07, 6.45) is 5.73. The first kappa shape index (κ1) is 22.6. The van der Waals surface area contributed by atoms with Crippen molar-refractivity contribution in [1.29, 1.82) is 0 Å². The Bertz CT molecular complexity index is 957. The fraction of sp³-hybridized carbons (Fsp3) is 0.500. The molecule has 1 aromatic carbocycles. The molecule has 0 spiro atoms. The molecule has 0 saturated heterocycles. The lowest BCUT2D eigenvalue weighted by Gasteiger charge is -2.39. The monoisotopic (exact) mass is 478 g/mol. The highest BCUT2D eigenvalue weighted by Gasteiger charge is 2.36. The zero-order valence-electron chi connectivity index (χ0n) is 17.8. The van der Waals surface area contributed by atoms with Gasteiger partial charge in [0.05, 0.1) is 12.6 Å². The lowest BCUT2D eigenvalue weighted by molar-refractivity contribution is -0.145. The normalized spacial score (nSPS) is 18.4. The molecule has 1 fully saturated rings. The number of fused-ring (bicyclic) bond motifs is 1. The van der Waals surface area contributed by atoms with Gasteiger partial charge >= 0.3 is 0 Å². The molecule has 1 aliphatic heterocycles. The molecule has 2 amide bonds. The molecular formula is C24H28Cl2N2O2S. The lowest BCUT2D eigenvalue weighted by Crippen LogP contribution is -2.48. The molecule has 1 unspecified atom stereocenters. The molecular weight excluding hydrogens is 451 g/mol. The average molecular weight is 479 g/mol. The Morgan fingerprint density at radius 3 is 2.68 bits per heavy atom. The molecule has 166 valence electrons. The van der Waals surface area contributed by atoms with E-state index < -0.39 is 0 Å². The third-order valence-corrected chi connectivity index (χ3v) is 7.98. The number of hydrogen-bond donors (Lipinski definition) is 0. The van der Waals surface area contributed by atoms with Crippen LogP contribution in [0.25, 0.3) is 0 Å². The minimum absolute atomic E-state index is 0.0170. The molecule has 1 aromatic heterocycles. The van der Waals surface area contributed by atoms with Crippen molar-refractivity contribution in [3.63, 3.8) is 0 Å². The second-order valence-corrected chi connectivity index (χ2v) is 10.3. The summed E-state index contributed by atoms with van der Waals surface area (Å²) in [5, 5.41) is 3.20. The first-order chi connectivity index (χ1) is 15.0. The van der Waals surface area contributed by atoms with E-state index in [1.54, 1.807) is 22.3 Å². The Morgan fingerprint density at radius 1 is 1.19 bits per heavy atom. The molecule has 1 saturated carbocycles. The van der Waals surface area contributed by atoms with Gasteiger partial charge in [0.15, 0.2) is 0 Å². The summed E-state index contributed by atoms with van der Waals surface area (Å²) < 4.78 is 0. The second-order valence-electron chi connectivity index (χ2n) is 8.45. The Hall–Kier alpha value is -1.56. The maximum absolute atomic E-state index is 13.6. The molecule has 0 bridgehead atoms. The van der Waals surface area contributed by atoms with Crippen molar-refractivity contribution in [2.75, 3.05) is 19.6 Å². The van der Waals surface area contributed by atoms with Crippen LogP contribution in [0, 0.1) is 5.92 Å². The smallest absolute Gasteiger partial charge is 0.242 e.